The van der Waals surface area contributed by atoms with E-state index in [-0.39, 0.29) is 17.9 Å². The summed E-state index contributed by atoms with van der Waals surface area (Å²) in [5, 5.41) is 12.2. The lowest BCUT2D eigenvalue weighted by Gasteiger charge is -2.36. The molecule has 24 heavy (non-hydrogen) atoms. The number of rotatable bonds is 6. The Hall–Kier alpha value is -1.62. The fraction of sp³-hybridized carbons (Fsp3) is 0.684. The Morgan fingerprint density at radius 2 is 2.17 bits per heavy atom. The highest BCUT2D eigenvalue weighted by Gasteiger charge is 2.23. The molecule has 0 saturated carbocycles. The van der Waals surface area contributed by atoms with Crippen molar-refractivity contribution in [2.45, 2.75) is 65.5 Å². The van der Waals surface area contributed by atoms with E-state index in [0.717, 1.165) is 30.8 Å². The number of carbonyl (C=O) groups is 1. The molecule has 0 aromatic carbocycles. The minimum absolute atomic E-state index is 0.00215. The molecule has 1 aliphatic rings. The van der Waals surface area contributed by atoms with E-state index in [1.165, 1.54) is 12.8 Å². The summed E-state index contributed by atoms with van der Waals surface area (Å²) in [4.78, 5) is 18.8. The third-order valence-corrected chi connectivity index (χ3v) is 4.37. The molecule has 0 spiro atoms. The molecule has 2 heterocycles. The Labute approximate surface area is 145 Å². The van der Waals surface area contributed by atoms with E-state index in [1.807, 2.05) is 18.3 Å². The maximum atomic E-state index is 11.9. The molecule has 2 rings (SSSR count). The van der Waals surface area contributed by atoms with Gasteiger partial charge in [0.25, 0.3) is 0 Å². The van der Waals surface area contributed by atoms with Crippen LogP contribution in [-0.2, 0) is 11.3 Å². The zero-order valence-electron chi connectivity index (χ0n) is 15.2. The molecule has 0 unspecified atom stereocenters. The van der Waals surface area contributed by atoms with Gasteiger partial charge in [0.1, 0.15) is 5.82 Å². The van der Waals surface area contributed by atoms with Crippen molar-refractivity contribution in [3.63, 3.8) is 0 Å². The molecule has 0 bridgehead atoms. The number of nitrogens with one attached hydrogen (secondary N) is 1. The van der Waals surface area contributed by atoms with Crippen LogP contribution in [0.3, 0.4) is 0 Å². The van der Waals surface area contributed by atoms with Crippen molar-refractivity contribution in [3.8, 4) is 0 Å². The number of hydrogen-bond acceptors (Lipinski definition) is 4. The van der Waals surface area contributed by atoms with Crippen molar-refractivity contribution < 1.29 is 9.90 Å². The van der Waals surface area contributed by atoms with Crippen LogP contribution in [0.15, 0.2) is 18.3 Å². The lowest BCUT2D eigenvalue weighted by molar-refractivity contribution is -0.122. The van der Waals surface area contributed by atoms with Crippen LogP contribution in [0.1, 0.15) is 58.4 Å². The lowest BCUT2D eigenvalue weighted by Crippen LogP contribution is -2.40. The van der Waals surface area contributed by atoms with Crippen LogP contribution in [0.25, 0.3) is 0 Å². The van der Waals surface area contributed by atoms with E-state index in [4.69, 9.17) is 0 Å². The van der Waals surface area contributed by atoms with Crippen molar-refractivity contribution in [1.82, 2.24) is 10.3 Å². The Morgan fingerprint density at radius 3 is 2.79 bits per heavy atom. The smallest absolute Gasteiger partial charge is 0.220 e. The second kappa shape index (κ2) is 8.47. The number of anilines is 1. The number of pyridine rings is 1. The third-order valence-electron chi connectivity index (χ3n) is 4.37. The molecule has 1 aromatic heterocycles. The third kappa shape index (κ3) is 5.78. The molecule has 5 heteroatoms. The number of hydrogen-bond donors (Lipinski definition) is 2. The topological polar surface area (TPSA) is 65.5 Å². The maximum Gasteiger partial charge on any atom is 0.220 e. The van der Waals surface area contributed by atoms with Crippen LogP contribution < -0.4 is 10.2 Å². The minimum Gasteiger partial charge on any atom is -0.396 e. The maximum absolute atomic E-state index is 11.9. The van der Waals surface area contributed by atoms with Crippen LogP contribution in [-0.4, -0.2) is 35.2 Å². The van der Waals surface area contributed by atoms with Crippen LogP contribution in [0.4, 0.5) is 5.82 Å². The Balaban J connectivity index is 1.91. The SMILES string of the molecule is CC(C)(C)CC(=O)NCc1ccc(N2CCCC[C@H]2CCO)nc1. The van der Waals surface area contributed by atoms with Crippen molar-refractivity contribution in [2.24, 2.45) is 5.41 Å². The number of aromatic nitrogens is 1. The highest BCUT2D eigenvalue weighted by atomic mass is 16.3. The van der Waals surface area contributed by atoms with Gasteiger partial charge < -0.3 is 15.3 Å². The fourth-order valence-electron chi connectivity index (χ4n) is 3.19. The Morgan fingerprint density at radius 1 is 1.38 bits per heavy atom. The zero-order chi connectivity index (χ0) is 17.6. The normalized spacial score (nSPS) is 18.5. The highest BCUT2D eigenvalue weighted by Crippen LogP contribution is 2.25. The van der Waals surface area contributed by atoms with Crippen LogP contribution >= 0.6 is 0 Å². The average Bonchev–Trinajstić information content (AvgIpc) is 2.53. The quantitative estimate of drug-likeness (QED) is 0.840. The average molecular weight is 333 g/mol. The van der Waals surface area contributed by atoms with Crippen LogP contribution in [0, 0.1) is 5.41 Å². The Bertz CT molecular complexity index is 520. The van der Waals surface area contributed by atoms with Gasteiger partial charge in [-0.1, -0.05) is 26.8 Å². The van der Waals surface area contributed by atoms with Crippen LogP contribution in [0.5, 0.6) is 0 Å². The number of nitrogens with zero attached hydrogens (tertiary/aromatic N) is 2. The Kier molecular flexibility index (Phi) is 6.60. The first kappa shape index (κ1) is 18.7. The summed E-state index contributed by atoms with van der Waals surface area (Å²) >= 11 is 0. The van der Waals surface area contributed by atoms with Gasteiger partial charge in [-0.2, -0.15) is 0 Å². The van der Waals surface area contributed by atoms with Crippen molar-refractivity contribution in [2.75, 3.05) is 18.1 Å². The predicted octanol–water partition coefficient (Wildman–Crippen LogP) is 2.88. The minimum atomic E-state index is 0.00215. The van der Waals surface area contributed by atoms with Gasteiger partial charge in [0.05, 0.1) is 0 Å². The molecule has 1 fully saturated rings. The van der Waals surface area contributed by atoms with E-state index in [1.54, 1.807) is 0 Å². The molecule has 1 atom stereocenters. The van der Waals surface area contributed by atoms with Crippen molar-refractivity contribution in [1.29, 1.82) is 0 Å². The van der Waals surface area contributed by atoms with Gasteiger partial charge in [-0.3, -0.25) is 4.79 Å². The molecular weight excluding hydrogens is 302 g/mol. The molecule has 0 radical (unpaired) electrons. The summed E-state index contributed by atoms with van der Waals surface area (Å²) in [7, 11) is 0. The fourth-order valence-corrected chi connectivity index (χ4v) is 3.19. The standard InChI is InChI=1S/C19H31N3O2/c1-19(2,3)12-18(24)21-14-15-7-8-17(20-13-15)22-10-5-4-6-16(22)9-11-23/h7-8,13,16,23H,4-6,9-12,14H2,1-3H3,(H,21,24)/t16-/m0/s1. The molecule has 5 nitrogen and oxygen atoms in total. The predicted molar refractivity (Wildman–Crippen MR) is 96.8 cm³/mol. The van der Waals surface area contributed by atoms with Crippen molar-refractivity contribution in [3.05, 3.63) is 23.9 Å². The summed E-state index contributed by atoms with van der Waals surface area (Å²) in [6, 6.07) is 4.44. The first-order valence-electron chi connectivity index (χ1n) is 8.98. The zero-order valence-corrected chi connectivity index (χ0v) is 15.2. The number of aliphatic hydroxyl groups excluding tert-OH is 1. The number of carbonyl (C=O) groups excluding carboxylic acids is 1. The molecule has 1 saturated heterocycles. The van der Waals surface area contributed by atoms with Gasteiger partial charge in [-0.05, 0) is 42.7 Å². The van der Waals surface area contributed by atoms with Crippen LogP contribution in [0.2, 0.25) is 0 Å². The van der Waals surface area contributed by atoms with Gasteiger partial charge in [0.15, 0.2) is 0 Å². The van der Waals surface area contributed by atoms with Gasteiger partial charge in [-0.25, -0.2) is 4.98 Å². The molecule has 2 N–H and O–H groups in total. The van der Waals surface area contributed by atoms with Gasteiger partial charge in [0, 0.05) is 38.4 Å². The molecule has 1 aromatic rings. The monoisotopic (exact) mass is 333 g/mol. The first-order valence-corrected chi connectivity index (χ1v) is 8.98. The van der Waals surface area contributed by atoms with Gasteiger partial charge in [0.2, 0.25) is 5.91 Å². The number of amides is 1. The van der Waals surface area contributed by atoms with E-state index in [0.29, 0.717) is 19.0 Å². The van der Waals surface area contributed by atoms with Crippen molar-refractivity contribution >= 4 is 11.7 Å². The number of piperidine rings is 1. The largest absolute Gasteiger partial charge is 0.396 e. The second-order valence-electron chi connectivity index (χ2n) is 7.89. The van der Waals surface area contributed by atoms with Gasteiger partial charge in [-0.15, -0.1) is 0 Å². The second-order valence-corrected chi connectivity index (χ2v) is 7.89. The summed E-state index contributed by atoms with van der Waals surface area (Å²) in [5.41, 5.74) is 1.01. The van der Waals surface area contributed by atoms with E-state index in [2.05, 4.69) is 36.0 Å². The lowest BCUT2D eigenvalue weighted by atomic mass is 9.92. The number of aliphatic hydroxyl groups is 1. The molecular formula is C19H31N3O2. The summed E-state index contributed by atoms with van der Waals surface area (Å²) < 4.78 is 0. The summed E-state index contributed by atoms with van der Waals surface area (Å²) in [5.74, 6) is 1.04. The highest BCUT2D eigenvalue weighted by molar-refractivity contribution is 5.76. The molecule has 134 valence electrons. The van der Waals surface area contributed by atoms with E-state index >= 15 is 0 Å². The van der Waals surface area contributed by atoms with E-state index in [9.17, 15) is 9.90 Å². The summed E-state index contributed by atoms with van der Waals surface area (Å²) in [6.07, 6.45) is 6.68. The van der Waals surface area contributed by atoms with Gasteiger partial charge >= 0.3 is 0 Å². The molecule has 0 aliphatic carbocycles. The van der Waals surface area contributed by atoms with E-state index < -0.39 is 0 Å². The summed E-state index contributed by atoms with van der Waals surface area (Å²) in [6.45, 7) is 7.92. The molecule has 1 amide bonds. The first-order chi connectivity index (χ1) is 11.4. The molecule has 1 aliphatic heterocycles.